The quantitative estimate of drug-likeness (QED) is 0.861. The molecule has 0 radical (unpaired) electrons. The Bertz CT molecular complexity index is 580. The predicted octanol–water partition coefficient (Wildman–Crippen LogP) is 2.91. The second-order valence-electron chi connectivity index (χ2n) is 6.57. The van der Waals surface area contributed by atoms with Gasteiger partial charge in [0.1, 0.15) is 6.04 Å². The molecule has 0 saturated carbocycles. The van der Waals surface area contributed by atoms with E-state index in [1.54, 1.807) is 4.90 Å². The molecule has 22 heavy (non-hydrogen) atoms. The van der Waals surface area contributed by atoms with Gasteiger partial charge in [-0.1, -0.05) is 26.0 Å². The Morgan fingerprint density at radius 2 is 1.95 bits per heavy atom. The van der Waals surface area contributed by atoms with Crippen molar-refractivity contribution >= 4 is 17.5 Å². The topological polar surface area (TPSA) is 40.6 Å². The van der Waals surface area contributed by atoms with Crippen LogP contribution in [0.15, 0.2) is 18.2 Å². The largest absolute Gasteiger partial charge is 0.329 e. The summed E-state index contributed by atoms with van der Waals surface area (Å²) in [6.07, 6.45) is 0.501. The lowest BCUT2D eigenvalue weighted by atomic mass is 10.0. The van der Waals surface area contributed by atoms with Crippen molar-refractivity contribution < 1.29 is 9.59 Å². The highest BCUT2D eigenvalue weighted by atomic mass is 16.2. The van der Waals surface area contributed by atoms with Crippen LogP contribution in [0, 0.1) is 19.8 Å². The number of hydrogen-bond donors (Lipinski definition) is 0. The fourth-order valence-corrected chi connectivity index (χ4v) is 2.94. The van der Waals surface area contributed by atoms with E-state index in [1.165, 1.54) is 5.56 Å². The molecule has 0 bridgehead atoms. The third-order valence-electron chi connectivity index (χ3n) is 4.43. The fraction of sp³-hybridized carbons (Fsp3) is 0.556. The molecule has 1 aromatic carbocycles. The number of carbonyl (C=O) groups is 2. The lowest BCUT2D eigenvalue weighted by molar-refractivity contribution is -0.141. The summed E-state index contributed by atoms with van der Waals surface area (Å²) in [5.41, 5.74) is 3.27. The first-order valence-corrected chi connectivity index (χ1v) is 8.00. The van der Waals surface area contributed by atoms with Crippen LogP contribution in [0.2, 0.25) is 0 Å². The highest BCUT2D eigenvalue weighted by molar-refractivity contribution is 6.00. The normalized spacial score (nSPS) is 19.0. The van der Waals surface area contributed by atoms with Crippen molar-refractivity contribution in [3.63, 3.8) is 0 Å². The van der Waals surface area contributed by atoms with Crippen LogP contribution >= 0.6 is 0 Å². The van der Waals surface area contributed by atoms with Crippen molar-refractivity contribution in [1.82, 2.24) is 4.90 Å². The first kappa shape index (κ1) is 16.5. The van der Waals surface area contributed by atoms with Crippen LogP contribution in [0.5, 0.6) is 0 Å². The van der Waals surface area contributed by atoms with Gasteiger partial charge >= 0.3 is 0 Å². The van der Waals surface area contributed by atoms with E-state index in [0.29, 0.717) is 25.4 Å². The zero-order valence-electron chi connectivity index (χ0n) is 14.2. The third kappa shape index (κ3) is 3.16. The monoisotopic (exact) mass is 302 g/mol. The van der Waals surface area contributed by atoms with Crippen LogP contribution in [-0.2, 0) is 9.59 Å². The Morgan fingerprint density at radius 3 is 2.59 bits per heavy atom. The zero-order valence-corrected chi connectivity index (χ0v) is 14.2. The molecule has 0 N–H and O–H groups in total. The second kappa shape index (κ2) is 6.51. The standard InChI is InChI=1S/C18H26N2O2/c1-12(2)11-17(21)19-9-10-20(18(22)15(19)5)16-8-6-7-13(3)14(16)4/h6-8,12,15H,9-11H2,1-5H3/t15-/m0/s1. The van der Waals surface area contributed by atoms with Gasteiger partial charge in [-0.3, -0.25) is 9.59 Å². The van der Waals surface area contributed by atoms with E-state index in [4.69, 9.17) is 0 Å². The number of piperazine rings is 1. The highest BCUT2D eigenvalue weighted by Gasteiger charge is 2.35. The maximum atomic E-state index is 12.7. The van der Waals surface area contributed by atoms with Crippen molar-refractivity contribution in [1.29, 1.82) is 0 Å². The maximum absolute atomic E-state index is 12.7. The molecule has 2 rings (SSSR count). The Labute approximate surface area is 133 Å². The summed E-state index contributed by atoms with van der Waals surface area (Å²) in [7, 11) is 0. The van der Waals surface area contributed by atoms with Crippen LogP contribution in [0.3, 0.4) is 0 Å². The molecular weight excluding hydrogens is 276 g/mol. The van der Waals surface area contributed by atoms with E-state index < -0.39 is 0 Å². The first-order valence-electron chi connectivity index (χ1n) is 8.00. The third-order valence-corrected chi connectivity index (χ3v) is 4.43. The average Bonchev–Trinajstić information content (AvgIpc) is 2.44. The molecule has 4 heteroatoms. The number of carbonyl (C=O) groups excluding carboxylic acids is 2. The summed E-state index contributed by atoms with van der Waals surface area (Å²) in [4.78, 5) is 28.6. The Morgan fingerprint density at radius 1 is 1.27 bits per heavy atom. The molecule has 2 amide bonds. The van der Waals surface area contributed by atoms with Crippen LogP contribution in [0.4, 0.5) is 5.69 Å². The van der Waals surface area contributed by atoms with Gasteiger partial charge in [0.25, 0.3) is 0 Å². The van der Waals surface area contributed by atoms with Crippen LogP contribution in [0.1, 0.15) is 38.3 Å². The molecule has 4 nitrogen and oxygen atoms in total. The predicted molar refractivity (Wildman–Crippen MR) is 88.9 cm³/mol. The lowest BCUT2D eigenvalue weighted by Gasteiger charge is -2.40. The van der Waals surface area contributed by atoms with Crippen molar-refractivity contribution in [2.75, 3.05) is 18.0 Å². The number of aryl methyl sites for hydroxylation is 1. The smallest absolute Gasteiger partial charge is 0.249 e. The number of rotatable bonds is 3. The van der Waals surface area contributed by atoms with Gasteiger partial charge in [-0.15, -0.1) is 0 Å². The number of benzene rings is 1. The molecule has 0 aliphatic carbocycles. The highest BCUT2D eigenvalue weighted by Crippen LogP contribution is 2.26. The summed E-state index contributed by atoms with van der Waals surface area (Å²) in [5.74, 6) is 0.403. The Kier molecular flexibility index (Phi) is 4.89. The number of anilines is 1. The van der Waals surface area contributed by atoms with Crippen molar-refractivity contribution in [2.24, 2.45) is 5.92 Å². The molecule has 0 unspecified atom stereocenters. The Balaban J connectivity index is 2.19. The van der Waals surface area contributed by atoms with Gasteiger partial charge in [0, 0.05) is 25.2 Å². The minimum absolute atomic E-state index is 0.0112. The summed E-state index contributed by atoms with van der Waals surface area (Å²) in [6, 6.07) is 5.62. The molecule has 120 valence electrons. The van der Waals surface area contributed by atoms with Crippen LogP contribution in [0.25, 0.3) is 0 Å². The van der Waals surface area contributed by atoms with E-state index in [-0.39, 0.29) is 17.9 Å². The van der Waals surface area contributed by atoms with Gasteiger partial charge in [-0.2, -0.15) is 0 Å². The minimum Gasteiger partial charge on any atom is -0.329 e. The molecule has 1 heterocycles. The minimum atomic E-state index is -0.389. The van der Waals surface area contributed by atoms with Gasteiger partial charge < -0.3 is 9.80 Å². The molecule has 1 fully saturated rings. The maximum Gasteiger partial charge on any atom is 0.249 e. The van der Waals surface area contributed by atoms with Crippen LogP contribution < -0.4 is 4.90 Å². The molecule has 1 saturated heterocycles. The summed E-state index contributed by atoms with van der Waals surface area (Å²) in [5, 5.41) is 0. The summed E-state index contributed by atoms with van der Waals surface area (Å²) >= 11 is 0. The molecule has 1 aromatic rings. The van der Waals surface area contributed by atoms with Crippen molar-refractivity contribution in [3.05, 3.63) is 29.3 Å². The van der Waals surface area contributed by atoms with E-state index in [9.17, 15) is 9.59 Å². The molecule has 0 spiro atoms. The van der Waals surface area contributed by atoms with Gasteiger partial charge in [0.2, 0.25) is 11.8 Å². The number of amides is 2. The number of hydrogen-bond acceptors (Lipinski definition) is 2. The van der Waals surface area contributed by atoms with E-state index in [2.05, 4.69) is 13.0 Å². The van der Waals surface area contributed by atoms with Crippen molar-refractivity contribution in [2.45, 2.75) is 47.1 Å². The molecular formula is C18H26N2O2. The Hall–Kier alpha value is -1.84. The van der Waals surface area contributed by atoms with E-state index >= 15 is 0 Å². The van der Waals surface area contributed by atoms with Crippen LogP contribution in [-0.4, -0.2) is 35.8 Å². The first-order chi connectivity index (χ1) is 10.3. The van der Waals surface area contributed by atoms with Gasteiger partial charge in [-0.25, -0.2) is 0 Å². The average molecular weight is 302 g/mol. The van der Waals surface area contributed by atoms with Gasteiger partial charge in [0.15, 0.2) is 0 Å². The SMILES string of the molecule is Cc1cccc(N2CCN(C(=O)CC(C)C)[C@@H](C)C2=O)c1C. The molecule has 0 aromatic heterocycles. The van der Waals surface area contributed by atoms with Crippen molar-refractivity contribution in [3.8, 4) is 0 Å². The summed E-state index contributed by atoms with van der Waals surface area (Å²) in [6.45, 7) is 11.1. The fourth-order valence-electron chi connectivity index (χ4n) is 2.94. The van der Waals surface area contributed by atoms with Gasteiger partial charge in [-0.05, 0) is 43.9 Å². The second-order valence-corrected chi connectivity index (χ2v) is 6.57. The molecule has 1 aliphatic heterocycles. The molecule has 1 atom stereocenters. The molecule has 1 aliphatic rings. The van der Waals surface area contributed by atoms with E-state index in [1.807, 2.05) is 44.7 Å². The van der Waals surface area contributed by atoms with E-state index in [0.717, 1.165) is 11.3 Å². The van der Waals surface area contributed by atoms with Gasteiger partial charge in [0.05, 0.1) is 0 Å². The zero-order chi connectivity index (χ0) is 16.4. The lowest BCUT2D eigenvalue weighted by Crippen LogP contribution is -2.58. The number of nitrogens with zero attached hydrogens (tertiary/aromatic N) is 2. The summed E-state index contributed by atoms with van der Waals surface area (Å²) < 4.78 is 0.